The van der Waals surface area contributed by atoms with Crippen molar-refractivity contribution in [2.24, 2.45) is 0 Å². The molecule has 0 bridgehead atoms. The Morgan fingerprint density at radius 2 is 2.00 bits per heavy atom. The third-order valence-electron chi connectivity index (χ3n) is 3.09. The monoisotopic (exact) mass is 379 g/mol. The fraction of sp³-hybridized carbons (Fsp3) is 0.0625. The molecule has 5 nitrogen and oxygen atoms in total. The van der Waals surface area contributed by atoms with Gasteiger partial charge in [0.25, 0.3) is 0 Å². The number of halogens is 2. The van der Waals surface area contributed by atoms with Crippen molar-refractivity contribution >= 4 is 63.2 Å². The van der Waals surface area contributed by atoms with Gasteiger partial charge in [0.1, 0.15) is 5.52 Å². The van der Waals surface area contributed by atoms with Crippen LogP contribution in [0.25, 0.3) is 22.6 Å². The fourth-order valence-corrected chi connectivity index (χ4v) is 2.73. The zero-order valence-corrected chi connectivity index (χ0v) is 14.7. The summed E-state index contributed by atoms with van der Waals surface area (Å²) in [6, 6.07) is 10.4. The molecule has 0 unspecified atom stereocenters. The van der Waals surface area contributed by atoms with Gasteiger partial charge in [0.15, 0.2) is 10.7 Å². The Kier molecular flexibility index (Phi) is 4.71. The maximum atomic E-state index is 11.0. The lowest BCUT2D eigenvalue weighted by atomic mass is 10.2. The molecule has 3 aromatic rings. The van der Waals surface area contributed by atoms with E-state index >= 15 is 0 Å². The third kappa shape index (κ3) is 3.67. The number of oxazole rings is 1. The quantitative estimate of drug-likeness (QED) is 0.635. The molecule has 24 heavy (non-hydrogen) atoms. The second-order valence-corrected chi connectivity index (χ2v) is 6.21. The molecule has 0 aliphatic carbocycles. The molecule has 0 spiro atoms. The number of hydrogen-bond donors (Lipinski definition) is 2. The van der Waals surface area contributed by atoms with E-state index < -0.39 is 0 Å². The van der Waals surface area contributed by atoms with E-state index in [-0.39, 0.29) is 11.0 Å². The maximum absolute atomic E-state index is 11.0. The predicted molar refractivity (Wildman–Crippen MR) is 99.5 cm³/mol. The molecule has 2 N–H and O–H groups in total. The number of benzene rings is 2. The van der Waals surface area contributed by atoms with Crippen molar-refractivity contribution < 1.29 is 9.21 Å². The summed E-state index contributed by atoms with van der Waals surface area (Å²) in [4.78, 5) is 15.4. The summed E-state index contributed by atoms with van der Waals surface area (Å²) >= 11 is 17.3. The van der Waals surface area contributed by atoms with E-state index in [0.717, 1.165) is 0 Å². The Bertz CT molecular complexity index is 956. The van der Waals surface area contributed by atoms with E-state index in [9.17, 15) is 4.79 Å². The van der Waals surface area contributed by atoms with Gasteiger partial charge in [-0.05, 0) is 48.6 Å². The lowest BCUT2D eigenvalue weighted by Crippen LogP contribution is -2.32. The summed E-state index contributed by atoms with van der Waals surface area (Å²) < 4.78 is 5.73. The average molecular weight is 380 g/mol. The van der Waals surface area contributed by atoms with E-state index in [4.69, 9.17) is 39.8 Å². The number of nitrogens with one attached hydrogen (secondary N) is 2. The van der Waals surface area contributed by atoms with Crippen molar-refractivity contribution in [1.29, 1.82) is 0 Å². The topological polar surface area (TPSA) is 67.2 Å². The molecule has 0 radical (unpaired) electrons. The largest absolute Gasteiger partial charge is 0.436 e. The van der Waals surface area contributed by atoms with Crippen LogP contribution in [0.3, 0.4) is 0 Å². The zero-order chi connectivity index (χ0) is 17.3. The molecule has 2 aromatic carbocycles. The van der Waals surface area contributed by atoms with Crippen LogP contribution in [0.1, 0.15) is 6.92 Å². The van der Waals surface area contributed by atoms with Crippen molar-refractivity contribution in [2.75, 3.05) is 5.32 Å². The van der Waals surface area contributed by atoms with E-state index in [2.05, 4.69) is 15.6 Å². The van der Waals surface area contributed by atoms with E-state index in [1.54, 1.807) is 36.4 Å². The highest BCUT2D eigenvalue weighted by Crippen LogP contribution is 2.32. The van der Waals surface area contributed by atoms with E-state index in [1.165, 1.54) is 6.92 Å². The lowest BCUT2D eigenvalue weighted by molar-refractivity contribution is -0.117. The first-order valence-electron chi connectivity index (χ1n) is 6.87. The summed E-state index contributed by atoms with van der Waals surface area (Å²) in [5, 5.41) is 6.64. The SMILES string of the molecule is CC(=O)NC(=S)Nc1ccc(Cl)c(-c2nc3cc(Cl)ccc3o2)c1. The number of carbonyl (C=O) groups excluding carboxylic acids is 1. The Labute approximate surface area is 153 Å². The van der Waals surface area contributed by atoms with Crippen LogP contribution in [0.2, 0.25) is 10.0 Å². The Morgan fingerprint density at radius 3 is 2.75 bits per heavy atom. The van der Waals surface area contributed by atoms with Gasteiger partial charge in [-0.25, -0.2) is 4.98 Å². The number of fused-ring (bicyclic) bond motifs is 1. The minimum absolute atomic E-state index is 0.195. The first kappa shape index (κ1) is 16.7. The molecule has 0 atom stereocenters. The number of anilines is 1. The van der Waals surface area contributed by atoms with Crippen LogP contribution >= 0.6 is 35.4 Å². The van der Waals surface area contributed by atoms with Gasteiger partial charge in [-0.15, -0.1) is 0 Å². The van der Waals surface area contributed by atoms with Crippen LogP contribution in [0, 0.1) is 0 Å². The molecular formula is C16H11Cl2N3O2S. The number of aromatic nitrogens is 1. The van der Waals surface area contributed by atoms with Crippen LogP contribution in [0.15, 0.2) is 40.8 Å². The van der Waals surface area contributed by atoms with Crippen LogP contribution in [0.5, 0.6) is 0 Å². The van der Waals surface area contributed by atoms with E-state index in [0.29, 0.717) is 38.3 Å². The summed E-state index contributed by atoms with van der Waals surface area (Å²) in [5.41, 5.74) is 2.49. The molecule has 8 heteroatoms. The average Bonchev–Trinajstić information content (AvgIpc) is 2.91. The molecular weight excluding hydrogens is 369 g/mol. The third-order valence-corrected chi connectivity index (χ3v) is 3.86. The molecule has 122 valence electrons. The van der Waals surface area contributed by atoms with Gasteiger partial charge in [0.2, 0.25) is 11.8 Å². The molecule has 3 rings (SSSR count). The highest BCUT2D eigenvalue weighted by Gasteiger charge is 2.13. The summed E-state index contributed by atoms with van der Waals surface area (Å²) in [7, 11) is 0. The maximum Gasteiger partial charge on any atom is 0.228 e. The minimum atomic E-state index is -0.252. The lowest BCUT2D eigenvalue weighted by Gasteiger charge is -2.09. The van der Waals surface area contributed by atoms with Gasteiger partial charge in [0.05, 0.1) is 10.6 Å². The highest BCUT2D eigenvalue weighted by atomic mass is 35.5. The van der Waals surface area contributed by atoms with Crippen molar-refractivity contribution in [1.82, 2.24) is 10.3 Å². The number of thiocarbonyl (C=S) groups is 1. The van der Waals surface area contributed by atoms with Gasteiger partial charge in [0, 0.05) is 17.6 Å². The summed E-state index contributed by atoms with van der Waals surface area (Å²) in [6.45, 7) is 1.38. The second kappa shape index (κ2) is 6.76. The molecule has 0 aliphatic heterocycles. The number of amides is 1. The molecule has 1 amide bonds. The first-order chi connectivity index (χ1) is 11.4. The van der Waals surface area contributed by atoms with Crippen molar-refractivity contribution in [3.05, 3.63) is 46.4 Å². The van der Waals surface area contributed by atoms with Gasteiger partial charge in [-0.3, -0.25) is 4.79 Å². The predicted octanol–water partition coefficient (Wildman–Crippen LogP) is 4.63. The van der Waals surface area contributed by atoms with Gasteiger partial charge < -0.3 is 15.1 Å². The molecule has 1 aromatic heterocycles. The van der Waals surface area contributed by atoms with Crippen LogP contribution in [-0.4, -0.2) is 16.0 Å². The smallest absolute Gasteiger partial charge is 0.228 e. The van der Waals surface area contributed by atoms with Crippen molar-refractivity contribution in [3.63, 3.8) is 0 Å². The van der Waals surface area contributed by atoms with Gasteiger partial charge in [-0.2, -0.15) is 0 Å². The first-order valence-corrected chi connectivity index (χ1v) is 8.03. The number of rotatable bonds is 2. The molecule has 0 saturated heterocycles. The number of carbonyl (C=O) groups is 1. The standard InChI is InChI=1S/C16H11Cl2N3O2S/c1-8(22)19-16(24)20-10-3-4-12(18)11(7-10)15-21-13-6-9(17)2-5-14(13)23-15/h2-7H,1H3,(H2,19,20,22,24). The second-order valence-electron chi connectivity index (χ2n) is 4.96. The van der Waals surface area contributed by atoms with Crippen LogP contribution in [-0.2, 0) is 4.79 Å². The van der Waals surface area contributed by atoms with Crippen LogP contribution < -0.4 is 10.6 Å². The highest BCUT2D eigenvalue weighted by molar-refractivity contribution is 7.80. The summed E-state index contributed by atoms with van der Waals surface area (Å²) in [5.74, 6) is 0.115. The molecule has 0 aliphatic rings. The van der Waals surface area contributed by atoms with E-state index in [1.807, 2.05) is 0 Å². The number of hydrogen-bond acceptors (Lipinski definition) is 4. The normalized spacial score (nSPS) is 10.6. The summed E-state index contributed by atoms with van der Waals surface area (Å²) in [6.07, 6.45) is 0. The number of nitrogens with zero attached hydrogens (tertiary/aromatic N) is 1. The Balaban J connectivity index is 1.95. The zero-order valence-electron chi connectivity index (χ0n) is 12.4. The van der Waals surface area contributed by atoms with Gasteiger partial charge in [-0.1, -0.05) is 23.2 Å². The molecule has 1 heterocycles. The van der Waals surface area contributed by atoms with Crippen LogP contribution in [0.4, 0.5) is 5.69 Å². The fourth-order valence-electron chi connectivity index (χ4n) is 2.10. The molecule has 0 fully saturated rings. The Hall–Kier alpha value is -2.15. The molecule has 0 saturated carbocycles. The minimum Gasteiger partial charge on any atom is -0.436 e. The van der Waals surface area contributed by atoms with Crippen molar-refractivity contribution in [3.8, 4) is 11.5 Å². The Morgan fingerprint density at radius 1 is 1.21 bits per heavy atom. The van der Waals surface area contributed by atoms with Gasteiger partial charge >= 0.3 is 0 Å². The van der Waals surface area contributed by atoms with Crippen molar-refractivity contribution in [2.45, 2.75) is 6.92 Å².